The van der Waals surface area contributed by atoms with Gasteiger partial charge in [0.1, 0.15) is 17.0 Å². The van der Waals surface area contributed by atoms with Crippen molar-refractivity contribution >= 4 is 5.97 Å². The van der Waals surface area contributed by atoms with Gasteiger partial charge in [0.05, 0.1) is 11.9 Å². The number of carboxylic acids is 1. The van der Waals surface area contributed by atoms with Gasteiger partial charge in [-0.15, -0.1) is 0 Å². The van der Waals surface area contributed by atoms with Crippen molar-refractivity contribution in [1.82, 2.24) is 19.7 Å². The van der Waals surface area contributed by atoms with Crippen LogP contribution in [0.15, 0.2) is 35.0 Å². The van der Waals surface area contributed by atoms with Crippen LogP contribution in [-0.4, -0.2) is 30.8 Å². The number of aryl methyl sites for hydroxylation is 1. The molecule has 3 heterocycles. The van der Waals surface area contributed by atoms with E-state index in [0.717, 1.165) is 5.76 Å². The van der Waals surface area contributed by atoms with Gasteiger partial charge in [0.25, 0.3) is 5.95 Å². The van der Waals surface area contributed by atoms with Gasteiger partial charge < -0.3 is 9.52 Å². The molecule has 7 heteroatoms. The Hall–Kier alpha value is -2.96. The van der Waals surface area contributed by atoms with E-state index in [1.165, 1.54) is 10.9 Å². The average Bonchev–Trinajstić information content (AvgIpc) is 3.05. The van der Waals surface area contributed by atoms with E-state index in [9.17, 15) is 4.79 Å². The molecule has 0 amide bonds. The third-order valence-corrected chi connectivity index (χ3v) is 3.07. The second-order valence-electron chi connectivity index (χ2n) is 4.51. The second-order valence-corrected chi connectivity index (χ2v) is 4.51. The van der Waals surface area contributed by atoms with E-state index >= 15 is 0 Å². The van der Waals surface area contributed by atoms with E-state index in [1.54, 1.807) is 19.2 Å². The van der Waals surface area contributed by atoms with Crippen LogP contribution in [0.5, 0.6) is 0 Å². The van der Waals surface area contributed by atoms with Crippen molar-refractivity contribution in [2.24, 2.45) is 0 Å². The highest BCUT2D eigenvalue weighted by molar-refractivity contribution is 5.88. The number of nitrogens with zero attached hydrogens (tertiary/aromatic N) is 4. The molecule has 21 heavy (non-hydrogen) atoms. The molecule has 0 unspecified atom stereocenters. The van der Waals surface area contributed by atoms with Crippen LogP contribution >= 0.6 is 0 Å². The maximum absolute atomic E-state index is 11.0. The third kappa shape index (κ3) is 2.29. The zero-order chi connectivity index (χ0) is 15.0. The molecule has 106 valence electrons. The summed E-state index contributed by atoms with van der Waals surface area (Å²) in [5.41, 5.74) is 1.20. The first-order valence-electron chi connectivity index (χ1n) is 6.24. The summed E-state index contributed by atoms with van der Waals surface area (Å²) in [4.78, 5) is 19.5. The highest BCUT2D eigenvalue weighted by Crippen LogP contribution is 2.20. The largest absolute Gasteiger partial charge is 0.478 e. The molecule has 0 bridgehead atoms. The number of hydrogen-bond donors (Lipinski definition) is 1. The Morgan fingerprint density at radius 1 is 1.29 bits per heavy atom. The monoisotopic (exact) mass is 284 g/mol. The van der Waals surface area contributed by atoms with Gasteiger partial charge in [-0.05, 0) is 32.0 Å². The normalized spacial score (nSPS) is 10.8. The van der Waals surface area contributed by atoms with Crippen LogP contribution in [0, 0.1) is 13.8 Å². The van der Waals surface area contributed by atoms with E-state index in [-0.39, 0.29) is 5.56 Å². The zero-order valence-electron chi connectivity index (χ0n) is 11.4. The average molecular weight is 284 g/mol. The first kappa shape index (κ1) is 13.0. The second kappa shape index (κ2) is 4.86. The summed E-state index contributed by atoms with van der Waals surface area (Å²) >= 11 is 0. The van der Waals surface area contributed by atoms with Crippen LogP contribution in [0.3, 0.4) is 0 Å². The van der Waals surface area contributed by atoms with Crippen molar-refractivity contribution in [3.05, 3.63) is 47.6 Å². The highest BCUT2D eigenvalue weighted by Gasteiger charge is 2.16. The van der Waals surface area contributed by atoms with Crippen LogP contribution in [-0.2, 0) is 0 Å². The van der Waals surface area contributed by atoms with Crippen LogP contribution in [0.25, 0.3) is 17.4 Å². The minimum atomic E-state index is -1.03. The molecule has 3 aromatic heterocycles. The molecule has 0 saturated heterocycles. The van der Waals surface area contributed by atoms with Gasteiger partial charge in [0.15, 0.2) is 5.76 Å². The van der Waals surface area contributed by atoms with Crippen LogP contribution in [0.1, 0.15) is 21.8 Å². The maximum Gasteiger partial charge on any atom is 0.339 e. The van der Waals surface area contributed by atoms with E-state index in [0.29, 0.717) is 23.1 Å². The van der Waals surface area contributed by atoms with E-state index in [2.05, 4.69) is 15.1 Å². The van der Waals surface area contributed by atoms with E-state index < -0.39 is 5.97 Å². The van der Waals surface area contributed by atoms with Gasteiger partial charge in [0, 0.05) is 6.20 Å². The maximum atomic E-state index is 11.0. The molecule has 0 radical (unpaired) electrons. The van der Waals surface area contributed by atoms with Gasteiger partial charge in [-0.25, -0.2) is 19.4 Å². The number of furan rings is 1. The Bertz CT molecular complexity index is 819. The molecule has 0 aliphatic rings. The smallest absolute Gasteiger partial charge is 0.339 e. The number of aromatic carboxylic acids is 1. The predicted octanol–water partition coefficient (Wildman–Crippen LogP) is 2.24. The molecular formula is C14H12N4O3. The molecule has 1 N–H and O–H groups in total. The molecule has 0 spiro atoms. The Balaban J connectivity index is 2.06. The number of hydrogen-bond acceptors (Lipinski definition) is 5. The molecule has 0 saturated carbocycles. The number of aromatic nitrogens is 4. The number of carboxylic acid groups (broad SMARTS) is 1. The molecule has 0 aromatic carbocycles. The third-order valence-electron chi connectivity index (χ3n) is 3.07. The fraction of sp³-hybridized carbons (Fsp3) is 0.143. The number of rotatable bonds is 3. The predicted molar refractivity (Wildman–Crippen MR) is 73.3 cm³/mol. The molecule has 7 nitrogen and oxygen atoms in total. The van der Waals surface area contributed by atoms with Crippen LogP contribution in [0.4, 0.5) is 0 Å². The molecular weight excluding hydrogens is 272 g/mol. The molecule has 0 fully saturated rings. The van der Waals surface area contributed by atoms with Gasteiger partial charge in [-0.1, -0.05) is 0 Å². The standard InChI is InChI=1S/C14H12N4O3/c1-8-3-4-12(21-8)11-5-6-15-14(17-11)18-9(2)10(7-16-18)13(19)20/h3-7H,1-2H3,(H,19,20). The Kier molecular flexibility index (Phi) is 3.02. The van der Waals surface area contributed by atoms with Crippen molar-refractivity contribution in [2.75, 3.05) is 0 Å². The topological polar surface area (TPSA) is 94.0 Å². The fourth-order valence-corrected chi connectivity index (χ4v) is 1.98. The van der Waals surface area contributed by atoms with Gasteiger partial charge in [-0.2, -0.15) is 5.10 Å². The summed E-state index contributed by atoms with van der Waals surface area (Å²) in [6.45, 7) is 3.51. The van der Waals surface area contributed by atoms with Crippen molar-refractivity contribution in [1.29, 1.82) is 0 Å². The van der Waals surface area contributed by atoms with Crippen molar-refractivity contribution in [2.45, 2.75) is 13.8 Å². The fourth-order valence-electron chi connectivity index (χ4n) is 1.98. The number of carbonyl (C=O) groups is 1. The van der Waals surface area contributed by atoms with Crippen molar-refractivity contribution in [3.8, 4) is 17.4 Å². The van der Waals surface area contributed by atoms with Crippen LogP contribution < -0.4 is 0 Å². The zero-order valence-corrected chi connectivity index (χ0v) is 11.4. The lowest BCUT2D eigenvalue weighted by atomic mass is 10.3. The van der Waals surface area contributed by atoms with Crippen molar-refractivity contribution < 1.29 is 14.3 Å². The van der Waals surface area contributed by atoms with Gasteiger partial charge >= 0.3 is 5.97 Å². The SMILES string of the molecule is Cc1ccc(-c2ccnc(-n3ncc(C(=O)O)c3C)n2)o1. The summed E-state index contributed by atoms with van der Waals surface area (Å²) in [5, 5.41) is 13.1. The van der Waals surface area contributed by atoms with Gasteiger partial charge in [0.2, 0.25) is 0 Å². The molecule has 0 atom stereocenters. The first-order valence-corrected chi connectivity index (χ1v) is 6.24. The van der Waals surface area contributed by atoms with E-state index in [1.807, 2.05) is 19.1 Å². The Morgan fingerprint density at radius 2 is 2.10 bits per heavy atom. The minimum Gasteiger partial charge on any atom is -0.478 e. The van der Waals surface area contributed by atoms with Crippen LogP contribution in [0.2, 0.25) is 0 Å². The lowest BCUT2D eigenvalue weighted by Crippen LogP contribution is -2.06. The molecule has 0 aliphatic carbocycles. The lowest BCUT2D eigenvalue weighted by molar-refractivity contribution is 0.0696. The summed E-state index contributed by atoms with van der Waals surface area (Å²) in [7, 11) is 0. The van der Waals surface area contributed by atoms with E-state index in [4.69, 9.17) is 9.52 Å². The lowest BCUT2D eigenvalue weighted by Gasteiger charge is -2.04. The molecule has 0 aliphatic heterocycles. The summed E-state index contributed by atoms with van der Waals surface area (Å²) < 4.78 is 6.91. The summed E-state index contributed by atoms with van der Waals surface area (Å²) in [6, 6.07) is 5.39. The molecule has 3 aromatic rings. The van der Waals surface area contributed by atoms with Crippen molar-refractivity contribution in [3.63, 3.8) is 0 Å². The quantitative estimate of drug-likeness (QED) is 0.792. The minimum absolute atomic E-state index is 0.123. The highest BCUT2D eigenvalue weighted by atomic mass is 16.4. The van der Waals surface area contributed by atoms with Gasteiger partial charge in [-0.3, -0.25) is 0 Å². The Labute approximate surface area is 119 Å². The Morgan fingerprint density at radius 3 is 2.71 bits per heavy atom. The summed E-state index contributed by atoms with van der Waals surface area (Å²) in [6.07, 6.45) is 2.86. The first-order chi connectivity index (χ1) is 10.1. The molecule has 3 rings (SSSR count). The summed E-state index contributed by atoms with van der Waals surface area (Å²) in [5.74, 6) is 0.677.